The van der Waals surface area contributed by atoms with Crippen LogP contribution in [-0.4, -0.2) is 17.4 Å². The van der Waals surface area contributed by atoms with Crippen LogP contribution in [0.5, 0.6) is 0 Å². The Labute approximate surface area is 128 Å². The van der Waals surface area contributed by atoms with Gasteiger partial charge in [0.1, 0.15) is 0 Å². The number of nitrogens with zero attached hydrogens (tertiary/aromatic N) is 2. The number of para-hydroxylation sites is 1. The summed E-state index contributed by atoms with van der Waals surface area (Å²) in [6, 6.07) is 13.7. The molecule has 0 N–H and O–H groups in total. The maximum Gasteiger partial charge on any atom is 0.269 e. The van der Waals surface area contributed by atoms with Gasteiger partial charge < -0.3 is 4.90 Å². The third-order valence-electron chi connectivity index (χ3n) is 3.93. The molecule has 0 aromatic heterocycles. The molecule has 1 aliphatic heterocycles. The van der Waals surface area contributed by atoms with Gasteiger partial charge in [0, 0.05) is 29.9 Å². The van der Waals surface area contributed by atoms with Crippen LogP contribution < -0.4 is 4.90 Å². The highest BCUT2D eigenvalue weighted by Crippen LogP contribution is 2.27. The number of nitro groups is 1. The van der Waals surface area contributed by atoms with Gasteiger partial charge in [-0.05, 0) is 43.0 Å². The van der Waals surface area contributed by atoms with Gasteiger partial charge in [-0.1, -0.05) is 18.2 Å². The molecule has 0 unspecified atom stereocenters. The van der Waals surface area contributed by atoms with Gasteiger partial charge in [-0.3, -0.25) is 14.9 Å². The summed E-state index contributed by atoms with van der Waals surface area (Å²) in [6.45, 7) is 0.673. The number of carbonyl (C=O) groups excluding carboxylic acids is 1. The average molecular weight is 296 g/mol. The lowest BCUT2D eigenvalue weighted by Gasteiger charge is -2.23. The quantitative estimate of drug-likeness (QED) is 0.628. The van der Waals surface area contributed by atoms with Gasteiger partial charge in [0.2, 0.25) is 0 Å². The highest BCUT2D eigenvalue weighted by molar-refractivity contribution is 6.06. The highest BCUT2D eigenvalue weighted by Gasteiger charge is 2.22. The van der Waals surface area contributed by atoms with Crippen molar-refractivity contribution in [1.82, 2.24) is 0 Å². The van der Waals surface area contributed by atoms with E-state index in [0.717, 1.165) is 24.9 Å². The first-order chi connectivity index (χ1) is 10.7. The van der Waals surface area contributed by atoms with E-state index in [4.69, 9.17) is 0 Å². The minimum Gasteiger partial charge on any atom is -0.308 e. The number of amides is 1. The van der Waals surface area contributed by atoms with Crippen LogP contribution >= 0.6 is 0 Å². The Morgan fingerprint density at radius 2 is 1.77 bits per heavy atom. The molecule has 0 radical (unpaired) electrons. The molecule has 0 saturated carbocycles. The summed E-state index contributed by atoms with van der Waals surface area (Å²) < 4.78 is 0. The van der Waals surface area contributed by atoms with E-state index < -0.39 is 4.92 Å². The molecule has 0 atom stereocenters. The zero-order valence-electron chi connectivity index (χ0n) is 12.1. The van der Waals surface area contributed by atoms with Crippen molar-refractivity contribution < 1.29 is 9.72 Å². The van der Waals surface area contributed by atoms with E-state index in [2.05, 4.69) is 6.07 Å². The number of hydrogen-bond donors (Lipinski definition) is 0. The molecule has 1 aliphatic rings. The lowest BCUT2D eigenvalue weighted by molar-refractivity contribution is -0.384. The zero-order valence-corrected chi connectivity index (χ0v) is 12.1. The maximum absolute atomic E-state index is 12.8. The van der Waals surface area contributed by atoms with E-state index in [0.29, 0.717) is 12.1 Å². The number of rotatable bonds is 2. The molecule has 0 spiro atoms. The van der Waals surface area contributed by atoms with Gasteiger partial charge in [0.15, 0.2) is 0 Å². The second kappa shape index (κ2) is 5.97. The highest BCUT2D eigenvalue weighted by atomic mass is 16.6. The number of carbonyl (C=O) groups is 1. The van der Waals surface area contributed by atoms with E-state index in [1.165, 1.54) is 29.8 Å². The van der Waals surface area contributed by atoms with Gasteiger partial charge in [-0.2, -0.15) is 0 Å². The predicted molar refractivity (Wildman–Crippen MR) is 84.2 cm³/mol. The van der Waals surface area contributed by atoms with Crippen molar-refractivity contribution in [1.29, 1.82) is 0 Å². The van der Waals surface area contributed by atoms with Crippen LogP contribution in [-0.2, 0) is 6.42 Å². The number of aryl methyl sites for hydroxylation is 1. The van der Waals surface area contributed by atoms with E-state index in [9.17, 15) is 14.9 Å². The molecular weight excluding hydrogens is 280 g/mol. The summed E-state index contributed by atoms with van der Waals surface area (Å²) in [6.07, 6.45) is 2.98. The normalized spacial score (nSPS) is 14.1. The average Bonchev–Trinajstić information content (AvgIpc) is 2.76. The van der Waals surface area contributed by atoms with E-state index in [-0.39, 0.29) is 11.6 Å². The van der Waals surface area contributed by atoms with Gasteiger partial charge in [-0.15, -0.1) is 0 Å². The number of nitro benzene ring substituents is 1. The van der Waals surface area contributed by atoms with E-state index in [1.807, 2.05) is 18.2 Å². The zero-order chi connectivity index (χ0) is 15.5. The van der Waals surface area contributed by atoms with Gasteiger partial charge in [0.25, 0.3) is 11.6 Å². The first-order valence-electron chi connectivity index (χ1n) is 7.31. The van der Waals surface area contributed by atoms with Gasteiger partial charge in [-0.25, -0.2) is 0 Å². The summed E-state index contributed by atoms with van der Waals surface area (Å²) in [7, 11) is 0. The molecule has 5 nitrogen and oxygen atoms in total. The van der Waals surface area contributed by atoms with E-state index in [1.54, 1.807) is 4.90 Å². The minimum atomic E-state index is -0.463. The molecule has 2 aromatic carbocycles. The molecule has 3 rings (SSSR count). The molecule has 5 heteroatoms. The third-order valence-corrected chi connectivity index (χ3v) is 3.93. The lowest BCUT2D eigenvalue weighted by Crippen LogP contribution is -2.31. The molecule has 1 heterocycles. The van der Waals surface area contributed by atoms with Crippen LogP contribution in [0.3, 0.4) is 0 Å². The van der Waals surface area contributed by atoms with Crippen LogP contribution in [0.2, 0.25) is 0 Å². The minimum absolute atomic E-state index is 0.00665. The van der Waals surface area contributed by atoms with Crippen LogP contribution in [0, 0.1) is 10.1 Å². The number of hydrogen-bond acceptors (Lipinski definition) is 3. The molecule has 112 valence electrons. The fourth-order valence-corrected chi connectivity index (χ4v) is 2.78. The molecule has 0 fully saturated rings. The van der Waals surface area contributed by atoms with Crippen LogP contribution in [0.15, 0.2) is 48.5 Å². The second-order valence-corrected chi connectivity index (χ2v) is 5.35. The number of non-ortho nitro benzene ring substituents is 1. The fourth-order valence-electron chi connectivity index (χ4n) is 2.78. The third kappa shape index (κ3) is 2.70. The molecular formula is C17H16N2O3. The number of anilines is 1. The topological polar surface area (TPSA) is 63.4 Å². The molecule has 22 heavy (non-hydrogen) atoms. The Kier molecular flexibility index (Phi) is 3.87. The van der Waals surface area contributed by atoms with Crippen LogP contribution in [0.4, 0.5) is 11.4 Å². The van der Waals surface area contributed by atoms with Crippen molar-refractivity contribution in [2.75, 3.05) is 11.4 Å². The molecule has 2 aromatic rings. The molecule has 0 bridgehead atoms. The van der Waals surface area contributed by atoms with Crippen molar-refractivity contribution in [3.05, 3.63) is 69.8 Å². The standard InChI is InChI=1S/C17H16N2O3/c20-17(14-8-10-15(11-9-14)19(21)22)18-12-4-3-6-13-5-1-2-7-16(13)18/h1-2,5,7-11H,3-4,6,12H2. The predicted octanol–water partition coefficient (Wildman–Crippen LogP) is 3.58. The summed E-state index contributed by atoms with van der Waals surface area (Å²) in [4.78, 5) is 24.8. The Bertz CT molecular complexity index is 710. The smallest absolute Gasteiger partial charge is 0.269 e. The summed E-state index contributed by atoms with van der Waals surface area (Å²) >= 11 is 0. The number of benzene rings is 2. The van der Waals surface area contributed by atoms with Crippen molar-refractivity contribution in [3.8, 4) is 0 Å². The molecule has 0 aliphatic carbocycles. The Morgan fingerprint density at radius 1 is 1.05 bits per heavy atom. The van der Waals surface area contributed by atoms with E-state index >= 15 is 0 Å². The van der Waals surface area contributed by atoms with Crippen molar-refractivity contribution in [2.45, 2.75) is 19.3 Å². The molecule has 1 amide bonds. The van der Waals surface area contributed by atoms with Gasteiger partial charge in [0.05, 0.1) is 4.92 Å². The monoisotopic (exact) mass is 296 g/mol. The molecule has 0 saturated heterocycles. The Morgan fingerprint density at radius 3 is 2.50 bits per heavy atom. The number of fused-ring (bicyclic) bond motifs is 1. The Hall–Kier alpha value is -2.69. The van der Waals surface area contributed by atoms with Crippen LogP contribution in [0.25, 0.3) is 0 Å². The largest absolute Gasteiger partial charge is 0.308 e. The van der Waals surface area contributed by atoms with Crippen molar-refractivity contribution in [2.24, 2.45) is 0 Å². The fraction of sp³-hybridized carbons (Fsp3) is 0.235. The Balaban J connectivity index is 1.93. The second-order valence-electron chi connectivity index (χ2n) is 5.35. The summed E-state index contributed by atoms with van der Waals surface area (Å²) in [5.41, 5.74) is 2.59. The summed E-state index contributed by atoms with van der Waals surface area (Å²) in [5.74, 6) is -0.107. The van der Waals surface area contributed by atoms with Crippen molar-refractivity contribution in [3.63, 3.8) is 0 Å². The van der Waals surface area contributed by atoms with Gasteiger partial charge >= 0.3 is 0 Å². The SMILES string of the molecule is O=C(c1ccc([N+](=O)[O-])cc1)N1CCCCc2ccccc21. The lowest BCUT2D eigenvalue weighted by atomic mass is 10.1. The van der Waals surface area contributed by atoms with Crippen molar-refractivity contribution >= 4 is 17.3 Å². The summed E-state index contributed by atoms with van der Waals surface area (Å²) in [5, 5.41) is 10.7. The first kappa shape index (κ1) is 14.3. The maximum atomic E-state index is 12.8. The first-order valence-corrected chi connectivity index (χ1v) is 7.31. The van der Waals surface area contributed by atoms with Crippen LogP contribution in [0.1, 0.15) is 28.8 Å².